The number of aromatic nitrogens is 6. The van der Waals surface area contributed by atoms with E-state index in [1.165, 1.54) is 10.6 Å². The molecule has 2 N–H and O–H groups in total. The molecule has 2 atom stereocenters. The lowest BCUT2D eigenvalue weighted by molar-refractivity contribution is -0.141. The van der Waals surface area contributed by atoms with E-state index in [0.717, 1.165) is 48.6 Å². The molecule has 0 aliphatic heterocycles. The number of imidazole rings is 1. The predicted octanol–water partition coefficient (Wildman–Crippen LogP) is 4.63. The Balaban J connectivity index is 1.38. The van der Waals surface area contributed by atoms with Crippen LogP contribution in [0.2, 0.25) is 0 Å². The summed E-state index contributed by atoms with van der Waals surface area (Å²) in [6, 6.07) is 4.44. The van der Waals surface area contributed by atoms with Crippen molar-refractivity contribution in [3.63, 3.8) is 0 Å². The number of pyridine rings is 1. The van der Waals surface area contributed by atoms with Gasteiger partial charge in [0, 0.05) is 37.5 Å². The summed E-state index contributed by atoms with van der Waals surface area (Å²) in [6.45, 7) is 0. The van der Waals surface area contributed by atoms with Crippen molar-refractivity contribution in [2.45, 2.75) is 43.9 Å². The Hall–Kier alpha value is -2.89. The van der Waals surface area contributed by atoms with Crippen LogP contribution in [-0.2, 0) is 13.2 Å². The highest BCUT2D eigenvalue weighted by Crippen LogP contribution is 2.32. The number of anilines is 2. The molecule has 0 spiro atoms. The molecule has 1 saturated carbocycles. The van der Waals surface area contributed by atoms with Gasteiger partial charge in [-0.1, -0.05) is 0 Å². The molecule has 12 heteroatoms. The first kappa shape index (κ1) is 21.0. The van der Waals surface area contributed by atoms with Crippen LogP contribution in [0.4, 0.5) is 24.8 Å². The van der Waals surface area contributed by atoms with E-state index in [1.54, 1.807) is 12.5 Å². The second-order valence-corrected chi connectivity index (χ2v) is 8.81. The molecular weight excluding hydrogens is 489 g/mol. The monoisotopic (exact) mass is 508 g/mol. The number of alkyl halides is 3. The van der Waals surface area contributed by atoms with Crippen LogP contribution < -0.4 is 10.6 Å². The van der Waals surface area contributed by atoms with Gasteiger partial charge in [-0.2, -0.15) is 22.8 Å². The number of hydrogen-bond acceptors (Lipinski definition) is 6. The van der Waals surface area contributed by atoms with Crippen molar-refractivity contribution in [1.29, 1.82) is 0 Å². The van der Waals surface area contributed by atoms with Crippen LogP contribution >= 0.6 is 15.9 Å². The number of hydrogen-bond donors (Lipinski definition) is 2. The van der Waals surface area contributed by atoms with Crippen LogP contribution in [0.25, 0.3) is 16.7 Å². The van der Waals surface area contributed by atoms with Crippen LogP contribution in [0, 0.1) is 0 Å². The summed E-state index contributed by atoms with van der Waals surface area (Å²) in [5, 5.41) is 11.0. The highest BCUT2D eigenvalue weighted by Gasteiger charge is 2.34. The lowest BCUT2D eigenvalue weighted by Gasteiger charge is -2.31. The third-order valence-corrected chi connectivity index (χ3v) is 6.07. The number of aryl methyl sites for hydroxylation is 1. The van der Waals surface area contributed by atoms with Crippen LogP contribution in [-0.4, -0.2) is 41.2 Å². The van der Waals surface area contributed by atoms with Gasteiger partial charge in [-0.3, -0.25) is 0 Å². The molecule has 0 bridgehead atoms. The molecule has 32 heavy (non-hydrogen) atoms. The summed E-state index contributed by atoms with van der Waals surface area (Å²) in [7, 11) is 1.92. The van der Waals surface area contributed by atoms with Crippen LogP contribution in [0.3, 0.4) is 0 Å². The van der Waals surface area contributed by atoms with Crippen molar-refractivity contribution in [2.75, 3.05) is 10.6 Å². The first-order chi connectivity index (χ1) is 15.3. The molecule has 0 aromatic carbocycles. The minimum absolute atomic E-state index is 0.0263. The van der Waals surface area contributed by atoms with Gasteiger partial charge < -0.3 is 15.2 Å². The average Bonchev–Trinajstić information content (AvgIpc) is 3.30. The number of nitrogens with zero attached hydrogens (tertiary/aromatic N) is 6. The van der Waals surface area contributed by atoms with E-state index in [-0.39, 0.29) is 23.5 Å². The Morgan fingerprint density at radius 3 is 2.69 bits per heavy atom. The lowest BCUT2D eigenvalue weighted by Crippen LogP contribution is -2.35. The predicted molar refractivity (Wildman–Crippen MR) is 117 cm³/mol. The molecule has 1 aliphatic carbocycles. The highest BCUT2D eigenvalue weighted by molar-refractivity contribution is 9.10. The van der Waals surface area contributed by atoms with Gasteiger partial charge in [0.15, 0.2) is 17.2 Å². The fourth-order valence-corrected chi connectivity index (χ4v) is 4.62. The van der Waals surface area contributed by atoms with Crippen molar-refractivity contribution in [3.05, 3.63) is 41.0 Å². The maximum atomic E-state index is 13.4. The molecule has 4 aromatic heterocycles. The molecule has 4 heterocycles. The minimum atomic E-state index is -4.54. The lowest BCUT2D eigenvalue weighted by atomic mass is 9.91. The van der Waals surface area contributed by atoms with Gasteiger partial charge in [0.05, 0.1) is 11.8 Å². The van der Waals surface area contributed by atoms with E-state index in [9.17, 15) is 13.2 Å². The Morgan fingerprint density at radius 1 is 1.12 bits per heavy atom. The number of halogens is 4. The SMILES string of the molecule is Cn1cnc2ccnc(N[C@@H]3CCC[C@H](Nc4cc(C(F)(F)F)nc5cc(Br)nn45)C3)c21. The van der Waals surface area contributed by atoms with Gasteiger partial charge in [0.25, 0.3) is 0 Å². The number of rotatable bonds is 4. The Morgan fingerprint density at radius 2 is 1.91 bits per heavy atom. The van der Waals surface area contributed by atoms with Gasteiger partial charge in [-0.25, -0.2) is 15.0 Å². The quantitative estimate of drug-likeness (QED) is 0.418. The Kier molecular flexibility index (Phi) is 5.19. The van der Waals surface area contributed by atoms with Crippen LogP contribution in [0.15, 0.2) is 35.3 Å². The van der Waals surface area contributed by atoms with E-state index < -0.39 is 11.9 Å². The summed E-state index contributed by atoms with van der Waals surface area (Å²) in [5.41, 5.74) is 0.970. The fraction of sp³-hybridized carbons (Fsp3) is 0.400. The molecule has 0 amide bonds. The Bertz CT molecular complexity index is 1280. The van der Waals surface area contributed by atoms with Crippen molar-refractivity contribution in [3.8, 4) is 0 Å². The second kappa shape index (κ2) is 7.91. The zero-order chi connectivity index (χ0) is 22.5. The molecule has 0 saturated heterocycles. The summed E-state index contributed by atoms with van der Waals surface area (Å²) < 4.78 is 43.8. The summed E-state index contributed by atoms with van der Waals surface area (Å²) in [6.07, 6.45) is 2.37. The molecule has 0 unspecified atom stereocenters. The van der Waals surface area contributed by atoms with Crippen molar-refractivity contribution in [2.24, 2.45) is 7.05 Å². The number of nitrogens with one attached hydrogen (secondary N) is 2. The standard InChI is InChI=1S/C20H20BrF3N8/c1-31-10-26-13-5-6-25-19(18(13)31)28-12-4-2-3-11(7-12)27-16-8-14(20(22,23)24)29-17-9-15(21)30-32(16)17/h5-6,8-12,27H,2-4,7H2,1H3,(H,25,28)/t11-,12+/m0/s1. The van der Waals surface area contributed by atoms with Crippen molar-refractivity contribution in [1.82, 2.24) is 29.1 Å². The van der Waals surface area contributed by atoms with Gasteiger partial charge >= 0.3 is 6.18 Å². The number of fused-ring (bicyclic) bond motifs is 2. The average molecular weight is 509 g/mol. The van der Waals surface area contributed by atoms with E-state index in [1.807, 2.05) is 17.7 Å². The molecule has 1 aliphatic rings. The first-order valence-electron chi connectivity index (χ1n) is 10.2. The zero-order valence-electron chi connectivity index (χ0n) is 17.1. The van der Waals surface area contributed by atoms with Gasteiger partial charge in [0.1, 0.15) is 15.9 Å². The van der Waals surface area contributed by atoms with E-state index >= 15 is 0 Å². The van der Waals surface area contributed by atoms with Crippen LogP contribution in [0.1, 0.15) is 31.4 Å². The molecule has 4 aromatic rings. The third-order valence-electron chi connectivity index (χ3n) is 5.68. The van der Waals surface area contributed by atoms with Gasteiger partial charge in [-0.15, -0.1) is 0 Å². The maximum Gasteiger partial charge on any atom is 0.433 e. The van der Waals surface area contributed by atoms with E-state index in [2.05, 4.69) is 46.6 Å². The normalized spacial score (nSPS) is 19.5. The first-order valence-corrected chi connectivity index (χ1v) is 11.0. The molecule has 5 rings (SSSR count). The molecule has 0 radical (unpaired) electrons. The largest absolute Gasteiger partial charge is 0.433 e. The topological polar surface area (TPSA) is 85.0 Å². The third kappa shape index (κ3) is 3.98. The summed E-state index contributed by atoms with van der Waals surface area (Å²) in [4.78, 5) is 12.5. The molecular formula is C20H20BrF3N8. The molecule has 1 fully saturated rings. The smallest absolute Gasteiger partial charge is 0.367 e. The maximum absolute atomic E-state index is 13.4. The Labute approximate surface area is 189 Å². The zero-order valence-corrected chi connectivity index (χ0v) is 18.7. The molecule has 8 nitrogen and oxygen atoms in total. The van der Waals surface area contributed by atoms with Crippen molar-refractivity contribution < 1.29 is 13.2 Å². The van der Waals surface area contributed by atoms with E-state index in [0.29, 0.717) is 4.60 Å². The molecule has 168 valence electrons. The van der Waals surface area contributed by atoms with E-state index in [4.69, 9.17) is 0 Å². The minimum Gasteiger partial charge on any atom is -0.367 e. The van der Waals surface area contributed by atoms with Crippen LogP contribution in [0.5, 0.6) is 0 Å². The fourth-order valence-electron chi connectivity index (χ4n) is 4.26. The summed E-state index contributed by atoms with van der Waals surface area (Å²) >= 11 is 3.22. The highest BCUT2D eigenvalue weighted by atomic mass is 79.9. The second-order valence-electron chi connectivity index (χ2n) is 7.99. The van der Waals surface area contributed by atoms with Crippen molar-refractivity contribution >= 4 is 44.2 Å². The van der Waals surface area contributed by atoms with Gasteiger partial charge in [-0.05, 0) is 47.7 Å². The van der Waals surface area contributed by atoms with Gasteiger partial charge in [0.2, 0.25) is 0 Å². The summed E-state index contributed by atoms with van der Waals surface area (Å²) in [5.74, 6) is 1.03.